The number of H-pyrrole nitrogens is 2. The van der Waals surface area contributed by atoms with E-state index in [-0.39, 0.29) is 12.8 Å². The Morgan fingerprint density at radius 1 is 0.968 bits per heavy atom. The van der Waals surface area contributed by atoms with Crippen LogP contribution in [0.15, 0.2) is 25.0 Å². The van der Waals surface area contributed by atoms with Gasteiger partial charge in [-0.3, -0.25) is 14.4 Å². The van der Waals surface area contributed by atoms with Gasteiger partial charge in [-0.1, -0.05) is 0 Å². The molecule has 2 rings (SSSR count). The van der Waals surface area contributed by atoms with Crippen molar-refractivity contribution in [2.75, 3.05) is 13.2 Å². The zero-order valence-corrected chi connectivity index (χ0v) is 16.4. The summed E-state index contributed by atoms with van der Waals surface area (Å²) in [6.45, 7) is -1.29. The van der Waals surface area contributed by atoms with Gasteiger partial charge in [-0.2, -0.15) is 0 Å². The first-order chi connectivity index (χ1) is 14.8. The van der Waals surface area contributed by atoms with Crippen LogP contribution in [-0.4, -0.2) is 85.1 Å². The molecule has 2 heterocycles. The third-order valence-corrected chi connectivity index (χ3v) is 4.18. The predicted octanol–water partition coefficient (Wildman–Crippen LogP) is -3.59. The van der Waals surface area contributed by atoms with E-state index in [1.54, 1.807) is 0 Å². The van der Waals surface area contributed by atoms with Gasteiger partial charge in [-0.05, 0) is 0 Å². The quantitative estimate of drug-likeness (QED) is 0.164. The molecule has 0 aliphatic rings. The van der Waals surface area contributed by atoms with Gasteiger partial charge < -0.3 is 41.9 Å². The molecule has 0 aliphatic carbocycles. The Kier molecular flexibility index (Phi) is 8.65. The topological polar surface area (TPSA) is 228 Å². The summed E-state index contributed by atoms with van der Waals surface area (Å²) < 4.78 is 0. The van der Waals surface area contributed by atoms with E-state index in [1.165, 1.54) is 25.0 Å². The maximum absolute atomic E-state index is 12.2. The third-order valence-electron chi connectivity index (χ3n) is 4.18. The van der Waals surface area contributed by atoms with Crippen LogP contribution >= 0.6 is 0 Å². The van der Waals surface area contributed by atoms with Crippen molar-refractivity contribution in [3.63, 3.8) is 0 Å². The van der Waals surface area contributed by atoms with Crippen LogP contribution in [0.2, 0.25) is 0 Å². The number of hydrogen-bond acceptors (Lipinski definition) is 8. The highest BCUT2D eigenvalue weighted by Gasteiger charge is 2.25. The molecule has 3 atom stereocenters. The lowest BCUT2D eigenvalue weighted by atomic mass is 10.1. The minimum atomic E-state index is -1.34. The number of aromatic amines is 2. The largest absolute Gasteiger partial charge is 0.480 e. The predicted molar refractivity (Wildman–Crippen MR) is 104 cm³/mol. The molecule has 0 fully saturated rings. The molecule has 31 heavy (non-hydrogen) atoms. The molecule has 0 aromatic carbocycles. The molecular formula is C17H24N8O6. The Balaban J connectivity index is 1.80. The van der Waals surface area contributed by atoms with E-state index in [9.17, 15) is 29.4 Å². The number of carbonyl (C=O) groups excluding carboxylic acids is 3. The molecule has 2 aromatic heterocycles. The first kappa shape index (κ1) is 23.5. The summed E-state index contributed by atoms with van der Waals surface area (Å²) in [4.78, 5) is 60.7. The maximum atomic E-state index is 12.2. The number of carbonyl (C=O) groups is 4. The molecule has 3 unspecified atom stereocenters. The number of nitrogens with zero attached hydrogens (tertiary/aromatic N) is 2. The highest BCUT2D eigenvalue weighted by molar-refractivity contribution is 5.92. The fourth-order valence-electron chi connectivity index (χ4n) is 2.55. The second kappa shape index (κ2) is 11.4. The van der Waals surface area contributed by atoms with Gasteiger partial charge >= 0.3 is 5.97 Å². The third kappa shape index (κ3) is 7.52. The van der Waals surface area contributed by atoms with Crippen molar-refractivity contribution < 1.29 is 29.4 Å². The first-order valence-corrected chi connectivity index (χ1v) is 9.21. The average Bonchev–Trinajstić information content (AvgIpc) is 3.43. The molecule has 9 N–H and O–H groups in total. The van der Waals surface area contributed by atoms with Crippen LogP contribution in [0, 0.1) is 0 Å². The van der Waals surface area contributed by atoms with Crippen LogP contribution in [0.1, 0.15) is 11.4 Å². The van der Waals surface area contributed by atoms with Gasteiger partial charge in [-0.25, -0.2) is 14.8 Å². The van der Waals surface area contributed by atoms with Crippen molar-refractivity contribution in [3.8, 4) is 0 Å². The van der Waals surface area contributed by atoms with Crippen molar-refractivity contribution in [2.24, 2.45) is 5.73 Å². The molecule has 14 heteroatoms. The van der Waals surface area contributed by atoms with Crippen molar-refractivity contribution in [1.82, 2.24) is 35.9 Å². The van der Waals surface area contributed by atoms with Crippen LogP contribution in [0.25, 0.3) is 0 Å². The summed E-state index contributed by atoms with van der Waals surface area (Å²) in [6, 6.07) is -3.57. The normalized spacial score (nSPS) is 13.6. The fraction of sp³-hybridized carbons (Fsp3) is 0.412. The number of amides is 3. The maximum Gasteiger partial charge on any atom is 0.326 e. The van der Waals surface area contributed by atoms with Crippen LogP contribution in [0.5, 0.6) is 0 Å². The number of aliphatic hydroxyl groups excluding tert-OH is 1. The number of aliphatic hydroxyl groups is 1. The van der Waals surface area contributed by atoms with Gasteiger partial charge in [0.05, 0.1) is 31.8 Å². The molecule has 0 saturated heterocycles. The van der Waals surface area contributed by atoms with Gasteiger partial charge in [0, 0.05) is 36.6 Å². The van der Waals surface area contributed by atoms with Gasteiger partial charge in [0.15, 0.2) is 0 Å². The number of aromatic nitrogens is 4. The summed E-state index contributed by atoms with van der Waals surface area (Å²) in [5, 5.41) is 25.4. The monoisotopic (exact) mass is 436 g/mol. The molecule has 14 nitrogen and oxygen atoms in total. The zero-order chi connectivity index (χ0) is 22.8. The molecule has 3 amide bonds. The number of carboxylic acid groups (broad SMARTS) is 1. The van der Waals surface area contributed by atoms with Gasteiger partial charge in [0.25, 0.3) is 0 Å². The lowest BCUT2D eigenvalue weighted by Crippen LogP contribution is -2.55. The Hall–Kier alpha value is -3.78. The molecule has 0 radical (unpaired) electrons. The standard InChI is InChI=1S/C17H24N8O6/c18-11(1-9-3-19-7-22-9)15(28)25-13(6-26)16(29)21-5-14(27)24-12(17(30)31)2-10-4-20-8-23-10/h3-4,7-8,11-13,26H,1-2,5-6,18H2,(H,19,22)(H,20,23)(H,21,29)(H,24,27)(H,25,28)(H,30,31). The lowest BCUT2D eigenvalue weighted by molar-refractivity contribution is -0.141. The number of hydrogen-bond donors (Lipinski definition) is 8. The molecular weight excluding hydrogens is 412 g/mol. The Bertz CT molecular complexity index is 869. The summed E-state index contributed by atoms with van der Waals surface area (Å²) in [7, 11) is 0. The molecule has 2 aromatic rings. The second-order valence-corrected chi connectivity index (χ2v) is 6.59. The van der Waals surface area contributed by atoms with Crippen LogP contribution in [0.4, 0.5) is 0 Å². The van der Waals surface area contributed by atoms with Crippen LogP contribution in [-0.2, 0) is 32.0 Å². The van der Waals surface area contributed by atoms with Gasteiger partial charge in [-0.15, -0.1) is 0 Å². The highest BCUT2D eigenvalue weighted by atomic mass is 16.4. The van der Waals surface area contributed by atoms with E-state index in [2.05, 4.69) is 35.9 Å². The minimum Gasteiger partial charge on any atom is -0.480 e. The molecule has 0 aliphatic heterocycles. The van der Waals surface area contributed by atoms with Gasteiger partial charge in [0.2, 0.25) is 17.7 Å². The average molecular weight is 436 g/mol. The summed E-state index contributed by atoms with van der Waals surface area (Å²) in [5.74, 6) is -3.54. The first-order valence-electron chi connectivity index (χ1n) is 9.21. The Morgan fingerprint density at radius 3 is 2.10 bits per heavy atom. The van der Waals surface area contributed by atoms with E-state index in [0.29, 0.717) is 11.4 Å². The van der Waals surface area contributed by atoms with E-state index < -0.39 is 55.0 Å². The number of imidazole rings is 2. The van der Waals surface area contributed by atoms with Crippen molar-refractivity contribution >= 4 is 23.7 Å². The number of nitrogens with one attached hydrogen (secondary N) is 5. The number of rotatable bonds is 12. The van der Waals surface area contributed by atoms with E-state index in [4.69, 9.17) is 5.73 Å². The number of nitrogens with two attached hydrogens (primary N) is 1. The zero-order valence-electron chi connectivity index (χ0n) is 16.4. The molecule has 0 bridgehead atoms. The van der Waals surface area contributed by atoms with Crippen LogP contribution in [0.3, 0.4) is 0 Å². The van der Waals surface area contributed by atoms with E-state index in [0.717, 1.165) is 0 Å². The highest BCUT2D eigenvalue weighted by Crippen LogP contribution is 1.99. The van der Waals surface area contributed by atoms with Crippen LogP contribution < -0.4 is 21.7 Å². The summed E-state index contributed by atoms with van der Waals surface area (Å²) in [5.41, 5.74) is 6.90. The van der Waals surface area contributed by atoms with Gasteiger partial charge in [0.1, 0.15) is 12.1 Å². The summed E-state index contributed by atoms with van der Waals surface area (Å²) in [6.07, 6.45) is 5.84. The molecule has 168 valence electrons. The van der Waals surface area contributed by atoms with Crippen molar-refractivity contribution in [2.45, 2.75) is 31.0 Å². The molecule has 0 spiro atoms. The Labute approximate surface area is 176 Å². The Morgan fingerprint density at radius 2 is 1.58 bits per heavy atom. The minimum absolute atomic E-state index is 0.0292. The lowest BCUT2D eigenvalue weighted by Gasteiger charge is -2.19. The van der Waals surface area contributed by atoms with Crippen molar-refractivity contribution in [1.29, 1.82) is 0 Å². The number of aliphatic carboxylic acids is 1. The van der Waals surface area contributed by atoms with Crippen molar-refractivity contribution in [3.05, 3.63) is 36.4 Å². The fourth-order valence-corrected chi connectivity index (χ4v) is 2.55. The SMILES string of the molecule is NC(Cc1cnc[nH]1)C(=O)NC(CO)C(=O)NCC(=O)NC(Cc1cnc[nH]1)C(=O)O. The number of carboxylic acids is 1. The van der Waals surface area contributed by atoms with E-state index in [1.807, 2.05) is 0 Å². The summed E-state index contributed by atoms with van der Waals surface area (Å²) >= 11 is 0. The van der Waals surface area contributed by atoms with E-state index >= 15 is 0 Å². The smallest absolute Gasteiger partial charge is 0.326 e. The molecule has 0 saturated carbocycles. The second-order valence-electron chi connectivity index (χ2n) is 6.59.